The molecule has 0 saturated heterocycles. The molecule has 21 heavy (non-hydrogen) atoms. The molecule has 3 heterocycles. The van der Waals surface area contributed by atoms with Crippen molar-refractivity contribution in [3.05, 3.63) is 65.6 Å². The summed E-state index contributed by atoms with van der Waals surface area (Å²) < 4.78 is 2.09. The van der Waals surface area contributed by atoms with Crippen LogP contribution in [0.3, 0.4) is 0 Å². The smallest absolute Gasteiger partial charge is 0.137 e. The van der Waals surface area contributed by atoms with E-state index in [0.29, 0.717) is 0 Å². The largest absolute Gasteiger partial charge is 0.398 e. The van der Waals surface area contributed by atoms with Gasteiger partial charge < -0.3 is 10.1 Å². The molecule has 2 N–H and O–H groups in total. The van der Waals surface area contributed by atoms with E-state index < -0.39 is 0 Å². The number of hydrogen-bond donors (Lipinski definition) is 1. The van der Waals surface area contributed by atoms with Gasteiger partial charge in [0.25, 0.3) is 0 Å². The number of benzene rings is 1. The highest BCUT2D eigenvalue weighted by molar-refractivity contribution is 5.48. The number of anilines is 1. The molecule has 0 radical (unpaired) electrons. The van der Waals surface area contributed by atoms with E-state index in [1.807, 2.05) is 24.5 Å². The Bertz CT molecular complexity index is 790. The molecule has 1 aromatic carbocycles. The lowest BCUT2D eigenvalue weighted by Crippen LogP contribution is -2.30. The topological polar surface area (TPSA) is 46.6 Å². The molecule has 106 valence electrons. The zero-order valence-electron chi connectivity index (χ0n) is 11.9. The standard InChI is InChI=1S/C17H18N4/c18-15-5-6-17-19-9-16(21(17)11-15)12-20-8-7-13-3-1-2-4-14(13)10-20/h1-6,9,11H,7-8,10,12,18H2. The number of pyridine rings is 1. The molecule has 4 rings (SSSR count). The second-order valence-corrected chi connectivity index (χ2v) is 5.67. The summed E-state index contributed by atoms with van der Waals surface area (Å²) >= 11 is 0. The van der Waals surface area contributed by atoms with Crippen molar-refractivity contribution >= 4 is 11.3 Å². The molecule has 0 amide bonds. The Labute approximate surface area is 123 Å². The fraction of sp³-hybridized carbons (Fsp3) is 0.235. The monoisotopic (exact) mass is 278 g/mol. The van der Waals surface area contributed by atoms with Gasteiger partial charge in [-0.05, 0) is 29.7 Å². The first-order chi connectivity index (χ1) is 10.3. The van der Waals surface area contributed by atoms with Crippen LogP contribution in [0.15, 0.2) is 48.8 Å². The van der Waals surface area contributed by atoms with E-state index in [4.69, 9.17) is 5.73 Å². The highest BCUT2D eigenvalue weighted by Crippen LogP contribution is 2.20. The molecule has 3 aromatic rings. The van der Waals surface area contributed by atoms with Crippen LogP contribution in [0.4, 0.5) is 5.69 Å². The van der Waals surface area contributed by atoms with Gasteiger partial charge in [0, 0.05) is 31.5 Å². The van der Waals surface area contributed by atoms with E-state index in [0.717, 1.165) is 37.4 Å². The maximum atomic E-state index is 5.89. The van der Waals surface area contributed by atoms with Crippen LogP contribution < -0.4 is 5.73 Å². The summed E-state index contributed by atoms with van der Waals surface area (Å²) in [6, 6.07) is 12.6. The van der Waals surface area contributed by atoms with Crippen molar-refractivity contribution < 1.29 is 0 Å². The molecule has 2 aromatic heterocycles. The predicted octanol–water partition coefficient (Wildman–Crippen LogP) is 2.47. The van der Waals surface area contributed by atoms with Crippen LogP contribution in [0, 0.1) is 0 Å². The van der Waals surface area contributed by atoms with Gasteiger partial charge in [-0.3, -0.25) is 4.90 Å². The van der Waals surface area contributed by atoms with E-state index in [1.54, 1.807) is 0 Å². The minimum Gasteiger partial charge on any atom is -0.398 e. The Hall–Kier alpha value is -2.33. The molecule has 1 aliphatic heterocycles. The summed E-state index contributed by atoms with van der Waals surface area (Å²) in [7, 11) is 0. The van der Waals surface area contributed by atoms with Crippen LogP contribution in [-0.4, -0.2) is 20.8 Å². The lowest BCUT2D eigenvalue weighted by Gasteiger charge is -2.28. The Balaban J connectivity index is 1.60. The Morgan fingerprint density at radius 1 is 1.10 bits per heavy atom. The summed E-state index contributed by atoms with van der Waals surface area (Å²) in [5, 5.41) is 0. The van der Waals surface area contributed by atoms with Gasteiger partial charge in [-0.2, -0.15) is 0 Å². The predicted molar refractivity (Wildman–Crippen MR) is 83.9 cm³/mol. The number of fused-ring (bicyclic) bond motifs is 2. The summed E-state index contributed by atoms with van der Waals surface area (Å²) in [6.07, 6.45) is 5.03. The van der Waals surface area contributed by atoms with Gasteiger partial charge in [-0.15, -0.1) is 0 Å². The SMILES string of the molecule is Nc1ccc2ncc(CN3CCc4ccccc4C3)n2c1. The fourth-order valence-electron chi connectivity index (χ4n) is 3.08. The first kappa shape index (κ1) is 12.4. The first-order valence-electron chi connectivity index (χ1n) is 7.30. The lowest BCUT2D eigenvalue weighted by molar-refractivity contribution is 0.242. The van der Waals surface area contributed by atoms with Gasteiger partial charge in [-0.1, -0.05) is 24.3 Å². The third-order valence-corrected chi connectivity index (χ3v) is 4.20. The van der Waals surface area contributed by atoms with Crippen molar-refractivity contribution in [2.45, 2.75) is 19.5 Å². The van der Waals surface area contributed by atoms with Crippen molar-refractivity contribution in [1.82, 2.24) is 14.3 Å². The Morgan fingerprint density at radius 3 is 2.86 bits per heavy atom. The summed E-state index contributed by atoms with van der Waals surface area (Å²) in [5.41, 5.74) is 11.7. The highest BCUT2D eigenvalue weighted by Gasteiger charge is 2.17. The average molecular weight is 278 g/mol. The molecule has 0 saturated carbocycles. The first-order valence-corrected chi connectivity index (χ1v) is 7.30. The molecular weight excluding hydrogens is 260 g/mol. The molecule has 0 bridgehead atoms. The fourth-order valence-corrected chi connectivity index (χ4v) is 3.08. The Kier molecular flexibility index (Phi) is 2.89. The summed E-state index contributed by atoms with van der Waals surface area (Å²) in [5.74, 6) is 0. The molecular formula is C17H18N4. The van der Waals surface area contributed by atoms with Crippen molar-refractivity contribution in [2.75, 3.05) is 12.3 Å². The second kappa shape index (κ2) is 4.90. The number of nitrogen functional groups attached to an aromatic ring is 1. The minimum absolute atomic E-state index is 0.769. The molecule has 4 heteroatoms. The van der Waals surface area contributed by atoms with Gasteiger partial charge in [0.15, 0.2) is 0 Å². The van der Waals surface area contributed by atoms with Crippen LogP contribution in [0.25, 0.3) is 5.65 Å². The zero-order chi connectivity index (χ0) is 14.2. The molecule has 4 nitrogen and oxygen atoms in total. The van der Waals surface area contributed by atoms with Crippen LogP contribution in [-0.2, 0) is 19.5 Å². The number of nitrogens with two attached hydrogens (primary N) is 1. The number of rotatable bonds is 2. The van der Waals surface area contributed by atoms with Gasteiger partial charge in [0.1, 0.15) is 5.65 Å². The summed E-state index contributed by atoms with van der Waals surface area (Å²) in [4.78, 5) is 6.92. The van der Waals surface area contributed by atoms with Crippen LogP contribution in [0.1, 0.15) is 16.8 Å². The molecule has 1 aliphatic rings. The zero-order valence-corrected chi connectivity index (χ0v) is 11.9. The normalized spacial score (nSPS) is 15.2. The van der Waals surface area contributed by atoms with Crippen molar-refractivity contribution in [3.8, 4) is 0 Å². The summed E-state index contributed by atoms with van der Waals surface area (Å²) in [6.45, 7) is 3.00. The van der Waals surface area contributed by atoms with Crippen LogP contribution in [0.5, 0.6) is 0 Å². The maximum Gasteiger partial charge on any atom is 0.137 e. The van der Waals surface area contributed by atoms with Crippen molar-refractivity contribution in [3.63, 3.8) is 0 Å². The lowest BCUT2D eigenvalue weighted by atomic mass is 10.00. The maximum absolute atomic E-state index is 5.89. The highest BCUT2D eigenvalue weighted by atomic mass is 15.2. The number of imidazole rings is 1. The number of aromatic nitrogens is 2. The van der Waals surface area contributed by atoms with E-state index in [9.17, 15) is 0 Å². The molecule has 0 atom stereocenters. The third-order valence-electron chi connectivity index (χ3n) is 4.20. The van der Waals surface area contributed by atoms with Crippen molar-refractivity contribution in [1.29, 1.82) is 0 Å². The molecule has 0 unspecified atom stereocenters. The minimum atomic E-state index is 0.769. The van der Waals surface area contributed by atoms with Crippen molar-refractivity contribution in [2.24, 2.45) is 0 Å². The van der Waals surface area contributed by atoms with E-state index >= 15 is 0 Å². The second-order valence-electron chi connectivity index (χ2n) is 5.67. The van der Waals surface area contributed by atoms with Gasteiger partial charge >= 0.3 is 0 Å². The molecule has 0 aliphatic carbocycles. The van der Waals surface area contributed by atoms with Crippen LogP contribution in [0.2, 0.25) is 0 Å². The van der Waals surface area contributed by atoms with Crippen LogP contribution >= 0.6 is 0 Å². The quantitative estimate of drug-likeness (QED) is 0.783. The van der Waals surface area contributed by atoms with E-state index in [2.05, 4.69) is 38.6 Å². The van der Waals surface area contributed by atoms with E-state index in [-0.39, 0.29) is 0 Å². The van der Waals surface area contributed by atoms with E-state index in [1.165, 1.54) is 16.8 Å². The van der Waals surface area contributed by atoms with Gasteiger partial charge in [-0.25, -0.2) is 4.98 Å². The average Bonchev–Trinajstić information content (AvgIpc) is 2.89. The third kappa shape index (κ3) is 2.28. The molecule has 0 spiro atoms. The molecule has 0 fully saturated rings. The number of hydrogen-bond acceptors (Lipinski definition) is 3. The van der Waals surface area contributed by atoms with Gasteiger partial charge in [0.2, 0.25) is 0 Å². The Morgan fingerprint density at radius 2 is 1.95 bits per heavy atom. The van der Waals surface area contributed by atoms with Gasteiger partial charge in [0.05, 0.1) is 11.9 Å². The number of nitrogens with zero attached hydrogens (tertiary/aromatic N) is 3.